The van der Waals surface area contributed by atoms with Crippen LogP contribution in [0, 0.1) is 16.7 Å². The van der Waals surface area contributed by atoms with Crippen molar-refractivity contribution in [1.82, 2.24) is 0 Å². The topological polar surface area (TPSA) is 23.9 Å². The molecule has 1 fully saturated rings. The van der Waals surface area contributed by atoms with Crippen molar-refractivity contribution in [2.45, 2.75) is 44.9 Å². The maximum absolute atomic E-state index is 7.50. The minimum atomic E-state index is -0.0135. The number of halogens is 1. The fraction of sp³-hybridized carbons (Fsp3) is 0.643. The van der Waals surface area contributed by atoms with Gasteiger partial charge in [-0.3, -0.25) is 0 Å². The molecule has 0 aromatic heterocycles. The van der Waals surface area contributed by atoms with Crippen molar-refractivity contribution in [2.75, 3.05) is 0 Å². The van der Waals surface area contributed by atoms with Crippen molar-refractivity contribution in [3.05, 3.63) is 24.3 Å². The summed E-state index contributed by atoms with van der Waals surface area (Å²) in [4.78, 5) is 0. The summed E-state index contributed by atoms with van der Waals surface area (Å²) in [5.41, 5.74) is 1.55. The largest absolute Gasteiger partial charge is 0.313 e. The number of rotatable bonds is 4. The summed E-state index contributed by atoms with van der Waals surface area (Å²) < 4.78 is 0. The van der Waals surface area contributed by atoms with Crippen LogP contribution in [0.25, 0.3) is 0 Å². The lowest BCUT2D eigenvalue weighted by atomic mass is 9.66. The lowest BCUT2D eigenvalue weighted by Crippen LogP contribution is -2.35. The average molecular weight is 240 g/mol. The van der Waals surface area contributed by atoms with Crippen molar-refractivity contribution in [2.24, 2.45) is 11.3 Å². The first-order valence-corrected chi connectivity index (χ1v) is 6.46. The van der Waals surface area contributed by atoms with E-state index in [0.29, 0.717) is 5.41 Å². The fourth-order valence-electron chi connectivity index (χ4n) is 2.85. The Morgan fingerprint density at radius 1 is 1.62 bits per heavy atom. The van der Waals surface area contributed by atoms with E-state index >= 15 is 0 Å². The molecular formula is C14H22ClN. The molecule has 3 unspecified atom stereocenters. The SMILES string of the molecule is C=C/C=C1\CC(C)(CCC)CC(C=N)C1Cl. The van der Waals surface area contributed by atoms with Crippen molar-refractivity contribution in [3.63, 3.8) is 0 Å². The van der Waals surface area contributed by atoms with Gasteiger partial charge in [0.2, 0.25) is 0 Å². The highest BCUT2D eigenvalue weighted by molar-refractivity contribution is 6.23. The van der Waals surface area contributed by atoms with Crippen LogP contribution in [-0.2, 0) is 0 Å². The van der Waals surface area contributed by atoms with Crippen LogP contribution in [0.1, 0.15) is 39.5 Å². The molecule has 1 nitrogen and oxygen atoms in total. The lowest BCUT2D eigenvalue weighted by Gasteiger charge is -2.41. The Bertz CT molecular complexity index is 295. The molecule has 0 spiro atoms. The molecule has 1 aliphatic rings. The average Bonchev–Trinajstić information content (AvgIpc) is 2.24. The highest BCUT2D eigenvalue weighted by Gasteiger charge is 2.38. The molecule has 0 saturated heterocycles. The van der Waals surface area contributed by atoms with Crippen LogP contribution in [0.4, 0.5) is 0 Å². The van der Waals surface area contributed by atoms with E-state index in [-0.39, 0.29) is 11.3 Å². The summed E-state index contributed by atoms with van der Waals surface area (Å²) in [6.45, 7) is 8.27. The Hall–Kier alpha value is -0.560. The Balaban J connectivity index is 2.92. The quantitative estimate of drug-likeness (QED) is 0.549. The first kappa shape index (κ1) is 13.5. The third-order valence-corrected chi connectivity index (χ3v) is 4.09. The van der Waals surface area contributed by atoms with Crippen LogP contribution in [-0.4, -0.2) is 11.6 Å². The predicted molar refractivity (Wildman–Crippen MR) is 72.4 cm³/mol. The molecule has 0 aliphatic heterocycles. The molecule has 0 bridgehead atoms. The number of nitrogens with one attached hydrogen (secondary N) is 1. The second-order valence-corrected chi connectivity index (χ2v) is 5.62. The highest BCUT2D eigenvalue weighted by Crippen LogP contribution is 2.46. The van der Waals surface area contributed by atoms with Gasteiger partial charge in [0.1, 0.15) is 0 Å². The van der Waals surface area contributed by atoms with Gasteiger partial charge in [-0.15, -0.1) is 11.6 Å². The van der Waals surface area contributed by atoms with Gasteiger partial charge < -0.3 is 5.41 Å². The van der Waals surface area contributed by atoms with Crippen molar-refractivity contribution in [1.29, 1.82) is 5.41 Å². The minimum absolute atomic E-state index is 0.0135. The first-order valence-electron chi connectivity index (χ1n) is 6.02. The third kappa shape index (κ3) is 2.98. The summed E-state index contributed by atoms with van der Waals surface area (Å²) >= 11 is 6.39. The minimum Gasteiger partial charge on any atom is -0.313 e. The van der Waals surface area contributed by atoms with Gasteiger partial charge in [-0.05, 0) is 24.7 Å². The number of allylic oxidation sites excluding steroid dienone is 3. The van der Waals surface area contributed by atoms with E-state index in [4.69, 9.17) is 17.0 Å². The standard InChI is InChI=1S/C14H22ClN/c1-4-6-11-8-14(3,7-5-2)9-12(10-16)13(11)15/h4,6,10,12-13,16H,1,5,7-9H2,2-3H3/b11-6+,16-10?. The monoisotopic (exact) mass is 239 g/mol. The molecule has 0 amide bonds. The number of hydrogen-bond donors (Lipinski definition) is 1. The summed E-state index contributed by atoms with van der Waals surface area (Å²) in [6.07, 6.45) is 9.83. The molecule has 3 atom stereocenters. The van der Waals surface area contributed by atoms with E-state index in [1.165, 1.54) is 24.6 Å². The molecule has 2 heteroatoms. The Morgan fingerprint density at radius 2 is 2.31 bits per heavy atom. The smallest absolute Gasteiger partial charge is 0.0626 e. The molecule has 1 saturated carbocycles. The summed E-state index contributed by atoms with van der Waals surface area (Å²) in [5, 5.41) is 7.48. The Kier molecular flexibility index (Phi) is 4.79. The molecule has 1 aliphatic carbocycles. The zero-order valence-electron chi connectivity index (χ0n) is 10.3. The summed E-state index contributed by atoms with van der Waals surface area (Å²) in [7, 11) is 0. The Labute approximate surface area is 104 Å². The first-order chi connectivity index (χ1) is 7.56. The highest BCUT2D eigenvalue weighted by atomic mass is 35.5. The van der Waals surface area contributed by atoms with Gasteiger partial charge in [-0.2, -0.15) is 0 Å². The van der Waals surface area contributed by atoms with Gasteiger partial charge in [-0.1, -0.05) is 44.6 Å². The van der Waals surface area contributed by atoms with Crippen LogP contribution >= 0.6 is 11.6 Å². The summed E-state index contributed by atoms with van der Waals surface area (Å²) in [6, 6.07) is 0. The molecule has 1 N–H and O–H groups in total. The fourth-order valence-corrected chi connectivity index (χ4v) is 3.16. The van der Waals surface area contributed by atoms with Gasteiger partial charge in [-0.25, -0.2) is 0 Å². The van der Waals surface area contributed by atoms with Crippen LogP contribution in [0.2, 0.25) is 0 Å². The zero-order valence-corrected chi connectivity index (χ0v) is 11.1. The molecule has 0 aromatic carbocycles. The van der Waals surface area contributed by atoms with Gasteiger partial charge in [0.15, 0.2) is 0 Å². The number of alkyl halides is 1. The van der Waals surface area contributed by atoms with E-state index in [1.807, 2.05) is 12.2 Å². The van der Waals surface area contributed by atoms with E-state index in [1.54, 1.807) is 0 Å². The van der Waals surface area contributed by atoms with E-state index in [0.717, 1.165) is 12.8 Å². The maximum atomic E-state index is 7.50. The zero-order chi connectivity index (χ0) is 12.2. The summed E-state index contributed by atoms with van der Waals surface area (Å²) in [5.74, 6) is 0.179. The molecular weight excluding hydrogens is 218 g/mol. The third-order valence-electron chi connectivity index (χ3n) is 3.49. The second kappa shape index (κ2) is 5.67. The van der Waals surface area contributed by atoms with Gasteiger partial charge in [0.25, 0.3) is 0 Å². The molecule has 1 rings (SSSR count). The number of hydrogen-bond acceptors (Lipinski definition) is 1. The van der Waals surface area contributed by atoms with Crippen LogP contribution in [0.5, 0.6) is 0 Å². The molecule has 16 heavy (non-hydrogen) atoms. The van der Waals surface area contributed by atoms with Crippen LogP contribution in [0.15, 0.2) is 24.3 Å². The predicted octanol–water partition coefficient (Wildman–Crippen LogP) is 4.57. The van der Waals surface area contributed by atoms with Crippen molar-refractivity contribution >= 4 is 17.8 Å². The van der Waals surface area contributed by atoms with Crippen molar-refractivity contribution in [3.8, 4) is 0 Å². The van der Waals surface area contributed by atoms with Crippen LogP contribution in [0.3, 0.4) is 0 Å². The van der Waals surface area contributed by atoms with Gasteiger partial charge >= 0.3 is 0 Å². The van der Waals surface area contributed by atoms with E-state index in [2.05, 4.69) is 20.4 Å². The lowest BCUT2D eigenvalue weighted by molar-refractivity contribution is 0.214. The Morgan fingerprint density at radius 3 is 2.81 bits per heavy atom. The van der Waals surface area contributed by atoms with Crippen molar-refractivity contribution < 1.29 is 0 Å². The van der Waals surface area contributed by atoms with Gasteiger partial charge in [0, 0.05) is 12.1 Å². The molecule has 0 heterocycles. The van der Waals surface area contributed by atoms with Gasteiger partial charge in [0.05, 0.1) is 5.38 Å². The molecule has 0 radical (unpaired) electrons. The van der Waals surface area contributed by atoms with E-state index in [9.17, 15) is 0 Å². The normalized spacial score (nSPS) is 37.3. The molecule has 0 aromatic rings. The second-order valence-electron chi connectivity index (χ2n) is 5.15. The molecule has 90 valence electrons. The van der Waals surface area contributed by atoms with E-state index < -0.39 is 0 Å². The maximum Gasteiger partial charge on any atom is 0.0626 e. The van der Waals surface area contributed by atoms with Crippen LogP contribution < -0.4 is 0 Å².